The third-order valence-corrected chi connectivity index (χ3v) is 8.67. The molecule has 2 unspecified atom stereocenters. The van der Waals surface area contributed by atoms with Crippen molar-refractivity contribution in [1.29, 1.82) is 0 Å². The molecule has 0 radical (unpaired) electrons. The first kappa shape index (κ1) is 27.2. The molecule has 7 heteroatoms. The van der Waals surface area contributed by atoms with Crippen LogP contribution in [-0.2, 0) is 11.8 Å². The summed E-state index contributed by atoms with van der Waals surface area (Å²) in [6.07, 6.45) is -1.45. The van der Waals surface area contributed by atoms with Gasteiger partial charge in [0.05, 0.1) is 5.56 Å². The van der Waals surface area contributed by atoms with Crippen molar-refractivity contribution in [3.8, 4) is 11.1 Å². The summed E-state index contributed by atoms with van der Waals surface area (Å²) in [7, 11) is 0. The summed E-state index contributed by atoms with van der Waals surface area (Å²) in [4.78, 5) is 0. The van der Waals surface area contributed by atoms with Crippen molar-refractivity contribution in [2.75, 3.05) is 0 Å². The molecule has 38 heavy (non-hydrogen) atoms. The van der Waals surface area contributed by atoms with Gasteiger partial charge in [0.2, 0.25) is 0 Å². The third kappa shape index (κ3) is 5.50. The van der Waals surface area contributed by atoms with Gasteiger partial charge in [-0.1, -0.05) is 104 Å². The van der Waals surface area contributed by atoms with E-state index in [1.165, 1.54) is 6.07 Å². The number of benzene rings is 4. The van der Waals surface area contributed by atoms with E-state index >= 15 is 0 Å². The van der Waals surface area contributed by atoms with E-state index in [9.17, 15) is 18.3 Å². The molecule has 0 saturated carbocycles. The first-order valence-corrected chi connectivity index (χ1v) is 13.9. The lowest BCUT2D eigenvalue weighted by atomic mass is 9.72. The highest BCUT2D eigenvalue weighted by atomic mass is 79.9. The molecular formula is C31H22Br2ClF3O. The molecule has 4 aromatic rings. The van der Waals surface area contributed by atoms with Gasteiger partial charge in [-0.3, -0.25) is 0 Å². The number of aliphatic hydroxyl groups is 1. The van der Waals surface area contributed by atoms with Gasteiger partial charge in [-0.2, -0.15) is 13.2 Å². The maximum absolute atomic E-state index is 13.3. The van der Waals surface area contributed by atoms with Crippen molar-refractivity contribution in [2.45, 2.75) is 30.5 Å². The number of rotatable bonds is 4. The fourth-order valence-electron chi connectivity index (χ4n) is 5.16. The minimum absolute atomic E-state index is 0.0895. The minimum Gasteiger partial charge on any atom is -0.381 e. The Morgan fingerprint density at radius 3 is 2.24 bits per heavy atom. The second kappa shape index (κ2) is 10.6. The molecule has 2 atom stereocenters. The van der Waals surface area contributed by atoms with E-state index in [2.05, 4.69) is 31.9 Å². The lowest BCUT2D eigenvalue weighted by Gasteiger charge is -2.37. The third-order valence-electron chi connectivity index (χ3n) is 6.96. The van der Waals surface area contributed by atoms with Gasteiger partial charge in [0.1, 0.15) is 5.60 Å². The first-order chi connectivity index (χ1) is 18.0. The van der Waals surface area contributed by atoms with Crippen LogP contribution in [0.3, 0.4) is 0 Å². The van der Waals surface area contributed by atoms with Crippen LogP contribution in [0.2, 0.25) is 5.02 Å². The van der Waals surface area contributed by atoms with Crippen LogP contribution in [0.15, 0.2) is 106 Å². The predicted molar refractivity (Wildman–Crippen MR) is 154 cm³/mol. The molecule has 5 rings (SSSR count). The molecule has 1 aliphatic rings. The van der Waals surface area contributed by atoms with Crippen LogP contribution in [0.25, 0.3) is 16.7 Å². The van der Waals surface area contributed by atoms with E-state index in [0.29, 0.717) is 34.6 Å². The van der Waals surface area contributed by atoms with Crippen LogP contribution in [0, 0.1) is 0 Å². The van der Waals surface area contributed by atoms with E-state index in [-0.39, 0.29) is 5.92 Å². The lowest BCUT2D eigenvalue weighted by Crippen LogP contribution is -2.30. The van der Waals surface area contributed by atoms with Crippen LogP contribution in [0.5, 0.6) is 0 Å². The van der Waals surface area contributed by atoms with E-state index < -0.39 is 17.3 Å². The van der Waals surface area contributed by atoms with E-state index in [1.54, 1.807) is 12.1 Å². The molecule has 0 fully saturated rings. The number of hydrogen-bond acceptors (Lipinski definition) is 1. The SMILES string of the molecule is OC1(c2ccccc2Cl)C=C(c2ccccc2Br)CC(c2ccc(-c3cccc(C(F)(F)F)c3)cc2Br)C1. The molecule has 1 nitrogen and oxygen atoms in total. The second-order valence-electron chi connectivity index (χ2n) is 9.47. The molecule has 4 aromatic carbocycles. The molecule has 1 aliphatic carbocycles. The van der Waals surface area contributed by atoms with E-state index in [1.807, 2.05) is 66.7 Å². The summed E-state index contributed by atoms with van der Waals surface area (Å²) in [5.74, 6) is -0.0895. The van der Waals surface area contributed by atoms with Crippen LogP contribution in [0.4, 0.5) is 13.2 Å². The van der Waals surface area contributed by atoms with Crippen LogP contribution in [-0.4, -0.2) is 5.11 Å². The zero-order valence-electron chi connectivity index (χ0n) is 19.9. The average Bonchev–Trinajstić information content (AvgIpc) is 2.88. The van der Waals surface area contributed by atoms with Crippen molar-refractivity contribution in [3.05, 3.63) is 133 Å². The molecule has 0 heterocycles. The highest BCUT2D eigenvalue weighted by Gasteiger charge is 2.38. The standard InChI is InChI=1S/C31H22Br2ClF3O/c32-27-10-3-1-8-24(27)21-14-22(18-30(38,17-21)26-9-2-4-11-29(26)34)25-13-12-20(16-28(25)33)19-6-5-7-23(15-19)31(35,36)37/h1-13,15-17,22,38H,14,18H2. The summed E-state index contributed by atoms with van der Waals surface area (Å²) >= 11 is 13.9. The lowest BCUT2D eigenvalue weighted by molar-refractivity contribution is -0.137. The molecule has 0 amide bonds. The highest BCUT2D eigenvalue weighted by molar-refractivity contribution is 9.10. The quantitative estimate of drug-likeness (QED) is 0.231. The van der Waals surface area contributed by atoms with Crippen molar-refractivity contribution in [3.63, 3.8) is 0 Å². The van der Waals surface area contributed by atoms with E-state index in [0.717, 1.165) is 37.8 Å². The molecular weight excluding hydrogens is 641 g/mol. The van der Waals surface area contributed by atoms with Gasteiger partial charge < -0.3 is 5.11 Å². The average molecular weight is 663 g/mol. The minimum atomic E-state index is -4.41. The predicted octanol–water partition coefficient (Wildman–Crippen LogP) is 10.4. The Balaban J connectivity index is 1.56. The summed E-state index contributed by atoms with van der Waals surface area (Å²) < 4.78 is 41.5. The Morgan fingerprint density at radius 1 is 0.816 bits per heavy atom. The second-order valence-corrected chi connectivity index (χ2v) is 11.6. The van der Waals surface area contributed by atoms with Crippen LogP contribution >= 0.6 is 43.5 Å². The molecule has 0 saturated heterocycles. The van der Waals surface area contributed by atoms with Crippen LogP contribution in [0.1, 0.15) is 41.0 Å². The molecule has 1 N–H and O–H groups in total. The largest absolute Gasteiger partial charge is 0.416 e. The van der Waals surface area contributed by atoms with Gasteiger partial charge in [0.25, 0.3) is 0 Å². The maximum Gasteiger partial charge on any atom is 0.416 e. The van der Waals surface area contributed by atoms with Crippen LogP contribution < -0.4 is 0 Å². The highest BCUT2D eigenvalue weighted by Crippen LogP contribution is 2.49. The summed E-state index contributed by atoms with van der Waals surface area (Å²) in [6.45, 7) is 0. The van der Waals surface area contributed by atoms with Crippen molar-refractivity contribution < 1.29 is 18.3 Å². The Kier molecular flexibility index (Phi) is 7.62. The fraction of sp³-hybridized carbons (Fsp3) is 0.161. The van der Waals surface area contributed by atoms with Gasteiger partial charge in [-0.15, -0.1) is 0 Å². The van der Waals surface area contributed by atoms with Crippen molar-refractivity contribution in [2.24, 2.45) is 0 Å². The smallest absolute Gasteiger partial charge is 0.381 e. The summed E-state index contributed by atoms with van der Waals surface area (Å²) in [5, 5.41) is 12.5. The molecule has 194 valence electrons. The maximum atomic E-state index is 13.3. The molecule has 0 aliphatic heterocycles. The number of allylic oxidation sites excluding steroid dienone is 1. The fourth-order valence-corrected chi connectivity index (χ4v) is 6.70. The number of alkyl halides is 3. The Hall–Kier alpha value is -2.38. The molecule has 0 aromatic heterocycles. The van der Waals surface area contributed by atoms with Gasteiger partial charge in [0, 0.05) is 19.5 Å². The zero-order chi connectivity index (χ0) is 27.1. The normalized spacial score (nSPS) is 19.8. The zero-order valence-corrected chi connectivity index (χ0v) is 23.9. The van der Waals surface area contributed by atoms with Gasteiger partial charge >= 0.3 is 6.18 Å². The monoisotopic (exact) mass is 660 g/mol. The number of hydrogen-bond donors (Lipinski definition) is 1. The summed E-state index contributed by atoms with van der Waals surface area (Å²) in [6, 6.07) is 26.1. The van der Waals surface area contributed by atoms with Gasteiger partial charge in [-0.05, 0) is 83.0 Å². The molecule has 0 spiro atoms. The topological polar surface area (TPSA) is 20.2 Å². The van der Waals surface area contributed by atoms with Crippen molar-refractivity contribution in [1.82, 2.24) is 0 Å². The first-order valence-electron chi connectivity index (χ1n) is 12.0. The Bertz CT molecular complexity index is 1530. The number of halogens is 6. The Morgan fingerprint density at radius 2 is 1.53 bits per heavy atom. The summed E-state index contributed by atoms with van der Waals surface area (Å²) in [5.41, 5.74) is 2.71. The van der Waals surface area contributed by atoms with E-state index in [4.69, 9.17) is 11.6 Å². The Labute approximate surface area is 241 Å². The van der Waals surface area contributed by atoms with Crippen molar-refractivity contribution >= 4 is 49.0 Å². The molecule has 0 bridgehead atoms. The van der Waals surface area contributed by atoms with Gasteiger partial charge in [0.15, 0.2) is 0 Å². The van der Waals surface area contributed by atoms with Gasteiger partial charge in [-0.25, -0.2) is 0 Å².